The quantitative estimate of drug-likeness (QED) is 0.674. The van der Waals surface area contributed by atoms with E-state index < -0.39 is 22.8 Å². The Morgan fingerprint density at radius 3 is 1.07 bits per heavy atom. The first-order valence-corrected chi connectivity index (χ1v) is 4.34. The standard InChI is InChI=1S/2C5H10O2.Ag/c2*1-5(2,3)4(6)7;/h2*1-3H3,(H,6,7);/q;;+1/p-1. The minimum absolute atomic E-state index is 0. The minimum Gasteiger partial charge on any atom is -0.550 e. The summed E-state index contributed by atoms with van der Waals surface area (Å²) in [5.74, 6) is -1.76. The van der Waals surface area contributed by atoms with E-state index in [1.165, 1.54) is 0 Å². The van der Waals surface area contributed by atoms with Crippen LogP contribution in [-0.4, -0.2) is 17.0 Å². The Hall–Kier alpha value is -0.320. The summed E-state index contributed by atoms with van der Waals surface area (Å²) < 4.78 is 0. The number of carboxylic acids is 2. The summed E-state index contributed by atoms with van der Waals surface area (Å²) in [6.45, 7) is 9.78. The van der Waals surface area contributed by atoms with Gasteiger partial charge in [0.05, 0.1) is 5.41 Å². The fourth-order valence-electron chi connectivity index (χ4n) is 0. The second kappa shape index (κ2) is 7.04. The van der Waals surface area contributed by atoms with Crippen LogP contribution in [0.2, 0.25) is 0 Å². The number of carbonyl (C=O) groups excluding carboxylic acids is 1. The van der Waals surface area contributed by atoms with Crippen molar-refractivity contribution in [3.05, 3.63) is 0 Å². The third-order valence-corrected chi connectivity index (χ3v) is 1.25. The molecule has 0 spiro atoms. The molecule has 0 aromatic heterocycles. The summed E-state index contributed by atoms with van der Waals surface area (Å²) in [5, 5.41) is 18.2. The van der Waals surface area contributed by atoms with E-state index in [0.29, 0.717) is 0 Å². The molecule has 0 saturated carbocycles. The van der Waals surface area contributed by atoms with Crippen molar-refractivity contribution in [1.82, 2.24) is 0 Å². The summed E-state index contributed by atoms with van der Waals surface area (Å²) in [7, 11) is 0. The van der Waals surface area contributed by atoms with Crippen molar-refractivity contribution < 1.29 is 42.2 Å². The first-order valence-electron chi connectivity index (χ1n) is 4.34. The zero-order valence-electron chi connectivity index (χ0n) is 9.97. The molecule has 0 radical (unpaired) electrons. The molecule has 0 atom stereocenters. The van der Waals surface area contributed by atoms with Crippen LogP contribution in [0.5, 0.6) is 0 Å². The molecule has 0 fully saturated rings. The average molecular weight is 311 g/mol. The van der Waals surface area contributed by atoms with E-state index in [0.717, 1.165) is 0 Å². The second-order valence-corrected chi connectivity index (χ2v) is 5.09. The van der Waals surface area contributed by atoms with Crippen molar-refractivity contribution in [1.29, 1.82) is 0 Å². The molecule has 0 aliphatic heterocycles. The van der Waals surface area contributed by atoms with Crippen molar-refractivity contribution in [2.75, 3.05) is 0 Å². The maximum Gasteiger partial charge on any atom is 1.00 e. The fourth-order valence-corrected chi connectivity index (χ4v) is 0. The fraction of sp³-hybridized carbons (Fsp3) is 0.800. The first kappa shape index (κ1) is 20.1. The first-order chi connectivity index (χ1) is 5.89. The van der Waals surface area contributed by atoms with E-state index in [1.807, 2.05) is 0 Å². The Morgan fingerprint density at radius 1 is 0.933 bits per heavy atom. The summed E-state index contributed by atoms with van der Waals surface area (Å²) in [6.07, 6.45) is 0. The normalized spacial score (nSPS) is 10.5. The molecule has 15 heavy (non-hydrogen) atoms. The zero-order chi connectivity index (χ0) is 12.2. The van der Waals surface area contributed by atoms with Crippen LogP contribution >= 0.6 is 0 Å². The topological polar surface area (TPSA) is 77.4 Å². The third-order valence-electron chi connectivity index (χ3n) is 1.25. The molecule has 0 unspecified atom stereocenters. The van der Waals surface area contributed by atoms with E-state index in [1.54, 1.807) is 41.5 Å². The van der Waals surface area contributed by atoms with Gasteiger partial charge in [0, 0.05) is 11.4 Å². The van der Waals surface area contributed by atoms with E-state index >= 15 is 0 Å². The minimum atomic E-state index is -1.01. The molecule has 0 saturated heterocycles. The molecule has 4 nitrogen and oxygen atoms in total. The number of carboxylic acid groups (broad SMARTS) is 2. The van der Waals surface area contributed by atoms with Gasteiger partial charge >= 0.3 is 28.3 Å². The summed E-state index contributed by atoms with van der Waals surface area (Å²) in [5.41, 5.74) is -1.28. The van der Waals surface area contributed by atoms with Crippen molar-refractivity contribution in [3.63, 3.8) is 0 Å². The van der Waals surface area contributed by atoms with Gasteiger partial charge in [0.1, 0.15) is 0 Å². The molecule has 0 heterocycles. The van der Waals surface area contributed by atoms with Gasteiger partial charge in [-0.2, -0.15) is 0 Å². The van der Waals surface area contributed by atoms with Crippen molar-refractivity contribution in [3.8, 4) is 0 Å². The molecular weight excluding hydrogens is 292 g/mol. The van der Waals surface area contributed by atoms with Gasteiger partial charge in [-0.1, -0.05) is 20.8 Å². The van der Waals surface area contributed by atoms with Crippen LogP contribution < -0.4 is 5.11 Å². The summed E-state index contributed by atoms with van der Waals surface area (Å²) in [4.78, 5) is 19.9. The zero-order valence-corrected chi connectivity index (χ0v) is 11.5. The molecule has 94 valence electrons. The Bertz CT molecular complexity index is 186. The molecule has 0 aliphatic rings. The SMILES string of the molecule is CC(C)(C)C(=O)O.CC(C)(C)C(=O)[O-].[Ag+]. The molecule has 0 aliphatic carbocycles. The maximum absolute atomic E-state index is 10.0. The predicted molar refractivity (Wildman–Crippen MR) is 51.6 cm³/mol. The van der Waals surface area contributed by atoms with Gasteiger partial charge in [-0.3, -0.25) is 4.79 Å². The smallest absolute Gasteiger partial charge is 0.550 e. The van der Waals surface area contributed by atoms with E-state index in [-0.39, 0.29) is 22.4 Å². The monoisotopic (exact) mass is 310 g/mol. The van der Waals surface area contributed by atoms with Gasteiger partial charge < -0.3 is 15.0 Å². The van der Waals surface area contributed by atoms with Gasteiger partial charge in [0.2, 0.25) is 0 Å². The predicted octanol–water partition coefficient (Wildman–Crippen LogP) is 0.897. The van der Waals surface area contributed by atoms with Gasteiger partial charge in [-0.15, -0.1) is 0 Å². The van der Waals surface area contributed by atoms with Crippen LogP contribution in [0.15, 0.2) is 0 Å². The Morgan fingerprint density at radius 2 is 1.07 bits per heavy atom. The average Bonchev–Trinajstić information content (AvgIpc) is 1.83. The van der Waals surface area contributed by atoms with Gasteiger partial charge in [-0.25, -0.2) is 0 Å². The molecule has 0 aromatic rings. The maximum atomic E-state index is 10.0. The van der Waals surface area contributed by atoms with Crippen LogP contribution in [0.25, 0.3) is 0 Å². The number of rotatable bonds is 0. The van der Waals surface area contributed by atoms with E-state index in [4.69, 9.17) is 5.11 Å². The summed E-state index contributed by atoms with van der Waals surface area (Å²) >= 11 is 0. The van der Waals surface area contributed by atoms with Crippen LogP contribution in [0.3, 0.4) is 0 Å². The van der Waals surface area contributed by atoms with Crippen LogP contribution in [-0.2, 0) is 32.0 Å². The van der Waals surface area contributed by atoms with Gasteiger partial charge in [-0.05, 0) is 20.8 Å². The summed E-state index contributed by atoms with van der Waals surface area (Å²) in [6, 6.07) is 0. The van der Waals surface area contributed by atoms with Crippen LogP contribution in [0, 0.1) is 10.8 Å². The molecule has 0 bridgehead atoms. The van der Waals surface area contributed by atoms with Crippen molar-refractivity contribution >= 4 is 11.9 Å². The number of hydrogen-bond acceptors (Lipinski definition) is 3. The van der Waals surface area contributed by atoms with Crippen molar-refractivity contribution in [2.24, 2.45) is 10.8 Å². The molecule has 5 heteroatoms. The molecule has 0 amide bonds. The van der Waals surface area contributed by atoms with Crippen LogP contribution in [0.4, 0.5) is 0 Å². The Labute approximate surface area is 107 Å². The Kier molecular flexibility index (Phi) is 9.45. The van der Waals surface area contributed by atoms with Gasteiger partial charge in [0.15, 0.2) is 0 Å². The third kappa shape index (κ3) is 13.7. The second-order valence-electron chi connectivity index (χ2n) is 5.09. The molecular formula is C10H19AgO4. The molecule has 0 aromatic carbocycles. The Balaban J connectivity index is -0.000000180. The number of aliphatic carboxylic acids is 2. The van der Waals surface area contributed by atoms with Crippen LogP contribution in [0.1, 0.15) is 41.5 Å². The number of carbonyl (C=O) groups is 2. The van der Waals surface area contributed by atoms with Crippen molar-refractivity contribution in [2.45, 2.75) is 41.5 Å². The van der Waals surface area contributed by atoms with E-state index in [9.17, 15) is 14.7 Å². The van der Waals surface area contributed by atoms with Gasteiger partial charge in [0.25, 0.3) is 0 Å². The van der Waals surface area contributed by atoms with E-state index in [2.05, 4.69) is 0 Å². The molecule has 1 N–H and O–H groups in total. The largest absolute Gasteiger partial charge is 1.00 e. The number of hydrogen-bond donors (Lipinski definition) is 1. The molecule has 0 rings (SSSR count).